The summed E-state index contributed by atoms with van der Waals surface area (Å²) in [6.07, 6.45) is 8.78. The highest BCUT2D eigenvalue weighted by Gasteiger charge is 2.35. The van der Waals surface area contributed by atoms with Crippen molar-refractivity contribution in [3.05, 3.63) is 23.9 Å². The molecule has 1 aromatic heterocycles. The summed E-state index contributed by atoms with van der Waals surface area (Å²) in [6, 6.07) is 4.92. The molecule has 1 aromatic rings. The molecule has 2 heterocycles. The molecule has 3 nitrogen and oxygen atoms in total. The van der Waals surface area contributed by atoms with Gasteiger partial charge in [0.25, 0.3) is 0 Å². The molecule has 0 radical (unpaired) electrons. The van der Waals surface area contributed by atoms with Gasteiger partial charge < -0.3 is 10.6 Å². The van der Waals surface area contributed by atoms with Gasteiger partial charge in [-0.3, -0.25) is 0 Å². The first kappa shape index (κ1) is 11.0. The van der Waals surface area contributed by atoms with Gasteiger partial charge in [-0.15, -0.1) is 0 Å². The monoisotopic (exact) mass is 231 g/mol. The molecule has 2 N–H and O–H groups in total. The van der Waals surface area contributed by atoms with Gasteiger partial charge >= 0.3 is 0 Å². The Morgan fingerprint density at radius 2 is 2.18 bits per heavy atom. The summed E-state index contributed by atoms with van der Waals surface area (Å²) in [5.74, 6) is 2.05. The van der Waals surface area contributed by atoms with Crippen LogP contribution in [0, 0.1) is 5.92 Å². The number of anilines is 1. The van der Waals surface area contributed by atoms with Crippen molar-refractivity contribution in [2.45, 2.75) is 44.7 Å². The van der Waals surface area contributed by atoms with Crippen LogP contribution in [-0.4, -0.2) is 17.6 Å². The zero-order valence-electron chi connectivity index (χ0n) is 10.3. The van der Waals surface area contributed by atoms with Crippen LogP contribution in [0.5, 0.6) is 0 Å². The fourth-order valence-corrected chi connectivity index (χ4v) is 3.48. The number of nitrogens with zero attached hydrogens (tertiary/aromatic N) is 2. The molecule has 92 valence electrons. The van der Waals surface area contributed by atoms with Crippen LogP contribution in [0.3, 0.4) is 0 Å². The molecule has 1 saturated heterocycles. The van der Waals surface area contributed by atoms with Gasteiger partial charge in [0, 0.05) is 25.3 Å². The average Bonchev–Trinajstić information content (AvgIpc) is 2.87. The van der Waals surface area contributed by atoms with Crippen molar-refractivity contribution < 1.29 is 0 Å². The molecule has 2 fully saturated rings. The molecule has 2 unspecified atom stereocenters. The number of piperidine rings is 1. The highest BCUT2D eigenvalue weighted by atomic mass is 15.2. The quantitative estimate of drug-likeness (QED) is 0.849. The van der Waals surface area contributed by atoms with Crippen LogP contribution in [0.4, 0.5) is 5.82 Å². The lowest BCUT2D eigenvalue weighted by atomic mass is 9.92. The molecular weight excluding hydrogens is 210 g/mol. The van der Waals surface area contributed by atoms with E-state index in [9.17, 15) is 0 Å². The van der Waals surface area contributed by atoms with Crippen LogP contribution in [0.1, 0.15) is 37.7 Å². The maximum absolute atomic E-state index is 5.71. The highest BCUT2D eigenvalue weighted by molar-refractivity contribution is 5.43. The normalized spacial score (nSPS) is 28.2. The number of aromatic nitrogens is 1. The summed E-state index contributed by atoms with van der Waals surface area (Å²) in [6.45, 7) is 1.78. The minimum absolute atomic E-state index is 0.609. The Labute approximate surface area is 103 Å². The zero-order valence-corrected chi connectivity index (χ0v) is 10.3. The summed E-state index contributed by atoms with van der Waals surface area (Å²) < 4.78 is 0. The summed E-state index contributed by atoms with van der Waals surface area (Å²) in [7, 11) is 0. The van der Waals surface area contributed by atoms with Gasteiger partial charge in [0.2, 0.25) is 0 Å². The van der Waals surface area contributed by atoms with Crippen molar-refractivity contribution in [2.75, 3.05) is 11.4 Å². The second-order valence-corrected chi connectivity index (χ2v) is 5.32. The molecule has 3 rings (SSSR count). The maximum atomic E-state index is 5.71. The first-order chi connectivity index (χ1) is 8.38. The Hall–Kier alpha value is -1.09. The summed E-state index contributed by atoms with van der Waals surface area (Å²) >= 11 is 0. The first-order valence-corrected chi connectivity index (χ1v) is 6.80. The zero-order chi connectivity index (χ0) is 11.7. The first-order valence-electron chi connectivity index (χ1n) is 6.80. The number of rotatable bonds is 2. The van der Waals surface area contributed by atoms with Crippen LogP contribution in [0.2, 0.25) is 0 Å². The predicted molar refractivity (Wildman–Crippen MR) is 69.8 cm³/mol. The summed E-state index contributed by atoms with van der Waals surface area (Å²) in [5.41, 5.74) is 6.90. The minimum atomic E-state index is 0.609. The number of pyridine rings is 1. The van der Waals surface area contributed by atoms with Crippen LogP contribution < -0.4 is 10.6 Å². The third-order valence-electron chi connectivity index (χ3n) is 4.33. The fourth-order valence-electron chi connectivity index (χ4n) is 3.48. The number of hydrogen-bond acceptors (Lipinski definition) is 3. The van der Waals surface area contributed by atoms with Crippen LogP contribution >= 0.6 is 0 Å². The van der Waals surface area contributed by atoms with Crippen LogP contribution in [0.15, 0.2) is 18.3 Å². The fraction of sp³-hybridized carbons (Fsp3) is 0.643. The SMILES string of the molecule is NCc1ccnc(N2CCCC3CCCC32)c1. The molecule has 1 aliphatic carbocycles. The lowest BCUT2D eigenvalue weighted by molar-refractivity contribution is 0.360. The number of hydrogen-bond donors (Lipinski definition) is 1. The second kappa shape index (κ2) is 4.65. The topological polar surface area (TPSA) is 42.1 Å². The Morgan fingerprint density at radius 1 is 1.29 bits per heavy atom. The largest absolute Gasteiger partial charge is 0.353 e. The van der Waals surface area contributed by atoms with Gasteiger partial charge in [-0.1, -0.05) is 6.42 Å². The lowest BCUT2D eigenvalue weighted by Crippen LogP contribution is -2.43. The third kappa shape index (κ3) is 2.04. The molecule has 2 aliphatic rings. The molecule has 0 aromatic carbocycles. The van der Waals surface area contributed by atoms with Crippen LogP contribution in [0.25, 0.3) is 0 Å². The molecule has 0 amide bonds. The highest BCUT2D eigenvalue weighted by Crippen LogP contribution is 2.38. The van der Waals surface area contributed by atoms with E-state index in [1.54, 1.807) is 0 Å². The van der Waals surface area contributed by atoms with Gasteiger partial charge in [-0.05, 0) is 49.3 Å². The van der Waals surface area contributed by atoms with Crippen molar-refractivity contribution in [3.63, 3.8) is 0 Å². The van der Waals surface area contributed by atoms with Crippen LogP contribution in [-0.2, 0) is 6.54 Å². The van der Waals surface area contributed by atoms with Gasteiger partial charge in [-0.2, -0.15) is 0 Å². The third-order valence-corrected chi connectivity index (χ3v) is 4.33. The molecular formula is C14H21N3. The molecule has 0 bridgehead atoms. The molecule has 17 heavy (non-hydrogen) atoms. The van der Waals surface area contributed by atoms with E-state index in [0.29, 0.717) is 6.54 Å². The van der Waals surface area contributed by atoms with Crippen molar-refractivity contribution in [1.82, 2.24) is 4.98 Å². The molecule has 0 spiro atoms. The van der Waals surface area contributed by atoms with Gasteiger partial charge in [0.05, 0.1) is 0 Å². The summed E-state index contributed by atoms with van der Waals surface area (Å²) in [5, 5.41) is 0. The smallest absolute Gasteiger partial charge is 0.129 e. The van der Waals surface area contributed by atoms with E-state index in [-0.39, 0.29) is 0 Å². The molecule has 1 aliphatic heterocycles. The standard InChI is InChI=1S/C14H21N3/c15-10-11-6-7-16-14(9-11)17-8-2-4-12-3-1-5-13(12)17/h6-7,9,12-13H,1-5,8,10,15H2. The van der Waals surface area contributed by atoms with E-state index >= 15 is 0 Å². The average molecular weight is 231 g/mol. The maximum Gasteiger partial charge on any atom is 0.129 e. The number of fused-ring (bicyclic) bond motifs is 1. The van der Waals surface area contributed by atoms with Gasteiger partial charge in [0.1, 0.15) is 5.82 Å². The molecule has 1 saturated carbocycles. The minimum Gasteiger partial charge on any atom is -0.353 e. The molecule has 3 heteroatoms. The van der Waals surface area contributed by atoms with E-state index in [4.69, 9.17) is 5.73 Å². The van der Waals surface area contributed by atoms with E-state index in [1.165, 1.54) is 44.2 Å². The van der Waals surface area contributed by atoms with Gasteiger partial charge in [-0.25, -0.2) is 4.98 Å². The van der Waals surface area contributed by atoms with Gasteiger partial charge in [0.15, 0.2) is 0 Å². The Kier molecular flexibility index (Phi) is 3.02. The van der Waals surface area contributed by atoms with E-state index in [2.05, 4.69) is 16.0 Å². The molecule has 2 atom stereocenters. The summed E-state index contributed by atoms with van der Waals surface area (Å²) in [4.78, 5) is 7.07. The van der Waals surface area contributed by atoms with Crippen molar-refractivity contribution >= 4 is 5.82 Å². The Bertz CT molecular complexity index is 391. The Morgan fingerprint density at radius 3 is 3.06 bits per heavy atom. The second-order valence-electron chi connectivity index (χ2n) is 5.32. The Balaban J connectivity index is 1.86. The number of nitrogens with two attached hydrogens (primary N) is 1. The van der Waals surface area contributed by atoms with E-state index in [0.717, 1.165) is 17.8 Å². The predicted octanol–water partition coefficient (Wildman–Crippen LogP) is 2.31. The lowest BCUT2D eigenvalue weighted by Gasteiger charge is -2.38. The van der Waals surface area contributed by atoms with Crippen molar-refractivity contribution in [2.24, 2.45) is 11.7 Å². The van der Waals surface area contributed by atoms with E-state index < -0.39 is 0 Å². The van der Waals surface area contributed by atoms with E-state index in [1.807, 2.05) is 12.3 Å². The van der Waals surface area contributed by atoms with Crippen molar-refractivity contribution in [1.29, 1.82) is 0 Å². The van der Waals surface area contributed by atoms with Crippen molar-refractivity contribution in [3.8, 4) is 0 Å².